The maximum absolute atomic E-state index is 12.3. The maximum Gasteiger partial charge on any atom is 0.319 e. The zero-order chi connectivity index (χ0) is 20.5. The molecule has 0 aromatic heterocycles. The van der Waals surface area contributed by atoms with Crippen LogP contribution in [0.4, 0.5) is 10.5 Å². The zero-order valence-electron chi connectivity index (χ0n) is 16.6. The van der Waals surface area contributed by atoms with Crippen molar-refractivity contribution >= 4 is 29.4 Å². The molecule has 0 spiro atoms. The van der Waals surface area contributed by atoms with E-state index in [9.17, 15) is 9.59 Å². The predicted octanol–water partition coefficient (Wildman–Crippen LogP) is 3.18. The van der Waals surface area contributed by atoms with Crippen LogP contribution in [-0.2, 0) is 17.6 Å². The molecule has 7 heteroatoms. The Balaban J connectivity index is 1.40. The average molecular weight is 414 g/mol. The molecule has 1 saturated heterocycles. The van der Waals surface area contributed by atoms with Gasteiger partial charge in [0.15, 0.2) is 0 Å². The first-order chi connectivity index (χ1) is 14.1. The standard InChI is InChI=1S/C22H27N3O3S/c1-28-20-8-4-17(5-9-20)10-11-23-22(27)24-19-6-2-18(3-7-19)16-21(26)25-12-14-29-15-13-25/h2-9H,10-16H2,1H3,(H2,23,24,27). The highest BCUT2D eigenvalue weighted by atomic mass is 32.2. The number of urea groups is 1. The molecule has 1 aliphatic rings. The smallest absolute Gasteiger partial charge is 0.319 e. The van der Waals surface area contributed by atoms with E-state index in [1.54, 1.807) is 7.11 Å². The minimum Gasteiger partial charge on any atom is -0.497 e. The van der Waals surface area contributed by atoms with E-state index in [1.165, 1.54) is 0 Å². The largest absolute Gasteiger partial charge is 0.497 e. The summed E-state index contributed by atoms with van der Waals surface area (Å²) < 4.78 is 5.14. The van der Waals surface area contributed by atoms with E-state index in [-0.39, 0.29) is 11.9 Å². The summed E-state index contributed by atoms with van der Waals surface area (Å²) in [5.41, 5.74) is 2.80. The van der Waals surface area contributed by atoms with Crippen LogP contribution in [0.1, 0.15) is 11.1 Å². The van der Waals surface area contributed by atoms with Crippen molar-refractivity contribution in [2.24, 2.45) is 0 Å². The summed E-state index contributed by atoms with van der Waals surface area (Å²) in [5.74, 6) is 3.02. The molecular formula is C22H27N3O3S. The monoisotopic (exact) mass is 413 g/mol. The van der Waals surface area contributed by atoms with E-state index in [1.807, 2.05) is 65.2 Å². The van der Waals surface area contributed by atoms with Gasteiger partial charge in [-0.05, 0) is 41.8 Å². The number of ether oxygens (including phenoxy) is 1. The highest BCUT2D eigenvalue weighted by Gasteiger charge is 2.16. The third-order valence-corrected chi connectivity index (χ3v) is 5.73. The fourth-order valence-corrected chi connectivity index (χ4v) is 4.00. The zero-order valence-corrected chi connectivity index (χ0v) is 17.5. The van der Waals surface area contributed by atoms with Gasteiger partial charge in [0.1, 0.15) is 5.75 Å². The summed E-state index contributed by atoms with van der Waals surface area (Å²) in [7, 11) is 1.64. The molecule has 0 unspecified atom stereocenters. The molecule has 1 heterocycles. The van der Waals surface area contributed by atoms with Crippen LogP contribution in [0.3, 0.4) is 0 Å². The summed E-state index contributed by atoms with van der Waals surface area (Å²) >= 11 is 1.89. The van der Waals surface area contributed by atoms with Crippen LogP contribution < -0.4 is 15.4 Å². The second-order valence-electron chi connectivity index (χ2n) is 6.85. The molecule has 1 fully saturated rings. The van der Waals surface area contributed by atoms with Crippen LogP contribution >= 0.6 is 11.8 Å². The molecule has 3 amide bonds. The minimum absolute atomic E-state index is 0.169. The number of anilines is 1. The molecule has 2 aromatic carbocycles. The van der Waals surface area contributed by atoms with E-state index in [0.717, 1.165) is 47.9 Å². The predicted molar refractivity (Wildman–Crippen MR) is 118 cm³/mol. The molecule has 3 rings (SSSR count). The van der Waals surface area contributed by atoms with E-state index in [2.05, 4.69) is 10.6 Å². The lowest BCUT2D eigenvalue weighted by molar-refractivity contribution is -0.130. The van der Waals surface area contributed by atoms with Gasteiger partial charge in [0, 0.05) is 36.8 Å². The first-order valence-electron chi connectivity index (χ1n) is 9.76. The number of carbonyl (C=O) groups is 2. The first-order valence-corrected chi connectivity index (χ1v) is 10.9. The van der Waals surface area contributed by atoms with Gasteiger partial charge in [-0.15, -0.1) is 0 Å². The Morgan fingerprint density at radius 2 is 1.66 bits per heavy atom. The Morgan fingerprint density at radius 3 is 2.31 bits per heavy atom. The van der Waals surface area contributed by atoms with E-state index in [0.29, 0.717) is 18.7 Å². The molecule has 154 valence electrons. The van der Waals surface area contributed by atoms with Crippen LogP contribution in [0, 0.1) is 0 Å². The van der Waals surface area contributed by atoms with Gasteiger partial charge in [-0.3, -0.25) is 4.79 Å². The second-order valence-corrected chi connectivity index (χ2v) is 8.07. The number of carbonyl (C=O) groups excluding carboxylic acids is 2. The Labute approximate surface area is 176 Å². The average Bonchev–Trinajstić information content (AvgIpc) is 2.76. The molecule has 0 radical (unpaired) electrons. The van der Waals surface area contributed by atoms with Gasteiger partial charge >= 0.3 is 6.03 Å². The van der Waals surface area contributed by atoms with Gasteiger partial charge in [-0.2, -0.15) is 11.8 Å². The van der Waals surface area contributed by atoms with Crippen LogP contribution in [0.2, 0.25) is 0 Å². The lowest BCUT2D eigenvalue weighted by atomic mass is 10.1. The SMILES string of the molecule is COc1ccc(CCNC(=O)Nc2ccc(CC(=O)N3CCSCC3)cc2)cc1. The third-order valence-electron chi connectivity index (χ3n) is 4.79. The number of thioether (sulfide) groups is 1. The van der Waals surface area contributed by atoms with Gasteiger partial charge in [-0.25, -0.2) is 4.79 Å². The third kappa shape index (κ3) is 6.71. The molecule has 0 bridgehead atoms. The van der Waals surface area contributed by atoms with Crippen molar-refractivity contribution in [1.29, 1.82) is 0 Å². The van der Waals surface area contributed by atoms with Crippen LogP contribution in [-0.4, -0.2) is 55.1 Å². The van der Waals surface area contributed by atoms with Gasteiger partial charge < -0.3 is 20.3 Å². The highest BCUT2D eigenvalue weighted by molar-refractivity contribution is 7.99. The number of rotatable bonds is 7. The molecule has 2 aromatic rings. The van der Waals surface area contributed by atoms with Crippen LogP contribution in [0.5, 0.6) is 5.75 Å². The maximum atomic E-state index is 12.3. The Hall–Kier alpha value is -2.67. The van der Waals surface area contributed by atoms with Crippen molar-refractivity contribution in [3.8, 4) is 5.75 Å². The second kappa shape index (κ2) is 10.8. The molecule has 6 nitrogen and oxygen atoms in total. The Bertz CT molecular complexity index is 803. The number of hydrogen-bond acceptors (Lipinski definition) is 4. The summed E-state index contributed by atoms with van der Waals surface area (Å²) in [6.07, 6.45) is 1.15. The summed E-state index contributed by atoms with van der Waals surface area (Å²) in [4.78, 5) is 26.3. The number of nitrogens with zero attached hydrogens (tertiary/aromatic N) is 1. The van der Waals surface area contributed by atoms with E-state index < -0.39 is 0 Å². The van der Waals surface area contributed by atoms with Gasteiger partial charge in [-0.1, -0.05) is 24.3 Å². The topological polar surface area (TPSA) is 70.7 Å². The molecule has 29 heavy (non-hydrogen) atoms. The first kappa shape index (κ1) is 21.0. The fourth-order valence-electron chi connectivity index (χ4n) is 3.09. The number of methoxy groups -OCH3 is 1. The molecular weight excluding hydrogens is 386 g/mol. The quantitative estimate of drug-likeness (QED) is 0.731. The lowest BCUT2D eigenvalue weighted by Gasteiger charge is -2.26. The molecule has 1 aliphatic heterocycles. The lowest BCUT2D eigenvalue weighted by Crippen LogP contribution is -2.38. The molecule has 0 aliphatic carbocycles. The number of hydrogen-bond donors (Lipinski definition) is 2. The van der Waals surface area contributed by atoms with Crippen molar-refractivity contribution in [1.82, 2.24) is 10.2 Å². The molecule has 0 saturated carbocycles. The summed E-state index contributed by atoms with van der Waals surface area (Å²) in [6, 6.07) is 15.0. The number of nitrogens with one attached hydrogen (secondary N) is 2. The molecule has 2 N–H and O–H groups in total. The van der Waals surface area contributed by atoms with Crippen molar-refractivity contribution in [2.45, 2.75) is 12.8 Å². The summed E-state index contributed by atoms with van der Waals surface area (Å²) in [5, 5.41) is 5.68. The number of amides is 3. The highest BCUT2D eigenvalue weighted by Crippen LogP contribution is 2.14. The van der Waals surface area contributed by atoms with Gasteiger partial charge in [0.05, 0.1) is 13.5 Å². The Morgan fingerprint density at radius 1 is 1.00 bits per heavy atom. The minimum atomic E-state index is -0.242. The van der Waals surface area contributed by atoms with E-state index in [4.69, 9.17) is 4.74 Å². The summed E-state index contributed by atoms with van der Waals surface area (Å²) in [6.45, 7) is 2.21. The van der Waals surface area contributed by atoms with Crippen LogP contribution in [0.25, 0.3) is 0 Å². The molecule has 0 atom stereocenters. The van der Waals surface area contributed by atoms with Crippen molar-refractivity contribution in [3.63, 3.8) is 0 Å². The van der Waals surface area contributed by atoms with Gasteiger partial charge in [0.2, 0.25) is 5.91 Å². The van der Waals surface area contributed by atoms with Gasteiger partial charge in [0.25, 0.3) is 0 Å². The van der Waals surface area contributed by atoms with Crippen molar-refractivity contribution in [3.05, 3.63) is 59.7 Å². The Kier molecular flexibility index (Phi) is 7.81. The van der Waals surface area contributed by atoms with E-state index >= 15 is 0 Å². The van der Waals surface area contributed by atoms with Crippen molar-refractivity contribution in [2.75, 3.05) is 43.6 Å². The fraction of sp³-hybridized carbons (Fsp3) is 0.364. The normalized spacial score (nSPS) is 13.6. The number of benzene rings is 2. The van der Waals surface area contributed by atoms with Crippen molar-refractivity contribution < 1.29 is 14.3 Å². The van der Waals surface area contributed by atoms with Crippen LogP contribution in [0.15, 0.2) is 48.5 Å².